The number of amides is 1. The zero-order valence-electron chi connectivity index (χ0n) is 10.5. The second-order valence-electron chi connectivity index (χ2n) is 5.87. The molecule has 4 heteroatoms. The van der Waals surface area contributed by atoms with Gasteiger partial charge in [0.2, 0.25) is 5.91 Å². The fourth-order valence-corrected chi connectivity index (χ4v) is 2.38. The van der Waals surface area contributed by atoms with Crippen molar-refractivity contribution in [3.8, 4) is 0 Å². The number of carbonyl (C=O) groups excluding carboxylic acids is 1. The third-order valence-corrected chi connectivity index (χ3v) is 8.04. The van der Waals surface area contributed by atoms with Crippen LogP contribution < -0.4 is 5.32 Å². The molecule has 1 heterocycles. The van der Waals surface area contributed by atoms with Crippen LogP contribution >= 0.6 is 0 Å². The molecule has 1 aliphatic rings. The Morgan fingerprint density at radius 2 is 2.07 bits per heavy atom. The minimum atomic E-state index is -1.65. The van der Waals surface area contributed by atoms with E-state index in [0.717, 1.165) is 6.42 Å². The Labute approximate surface area is 93.7 Å². The molecule has 1 fully saturated rings. The van der Waals surface area contributed by atoms with E-state index in [1.54, 1.807) is 0 Å². The molecule has 1 atom stereocenters. The molecule has 1 amide bonds. The van der Waals surface area contributed by atoms with E-state index in [2.05, 4.69) is 39.2 Å². The highest BCUT2D eigenvalue weighted by molar-refractivity contribution is 6.74. The SMILES string of the molecule is CC(C)(C)[Si](C)(C)OCC1CCC(=O)N1. The van der Waals surface area contributed by atoms with Crippen LogP contribution in [0.4, 0.5) is 0 Å². The van der Waals surface area contributed by atoms with Gasteiger partial charge in [0.15, 0.2) is 8.32 Å². The Balaban J connectivity index is 2.40. The monoisotopic (exact) mass is 229 g/mol. The molecule has 1 rings (SSSR count). The Kier molecular flexibility index (Phi) is 3.61. The van der Waals surface area contributed by atoms with Crippen molar-refractivity contribution < 1.29 is 9.22 Å². The maximum absolute atomic E-state index is 11.0. The zero-order valence-corrected chi connectivity index (χ0v) is 11.5. The van der Waals surface area contributed by atoms with Crippen LogP contribution in [0.2, 0.25) is 18.1 Å². The van der Waals surface area contributed by atoms with E-state index in [4.69, 9.17) is 4.43 Å². The summed E-state index contributed by atoms with van der Waals surface area (Å²) in [4.78, 5) is 11.0. The summed E-state index contributed by atoms with van der Waals surface area (Å²) < 4.78 is 6.05. The lowest BCUT2D eigenvalue weighted by Gasteiger charge is -2.36. The maximum atomic E-state index is 11.0. The van der Waals surface area contributed by atoms with Crippen LogP contribution in [0, 0.1) is 0 Å². The van der Waals surface area contributed by atoms with Crippen LogP contribution in [0.25, 0.3) is 0 Å². The van der Waals surface area contributed by atoms with E-state index in [-0.39, 0.29) is 17.0 Å². The lowest BCUT2D eigenvalue weighted by atomic mass is 10.2. The lowest BCUT2D eigenvalue weighted by Crippen LogP contribution is -2.44. The molecule has 0 saturated carbocycles. The van der Waals surface area contributed by atoms with E-state index in [1.165, 1.54) is 0 Å². The fourth-order valence-electron chi connectivity index (χ4n) is 1.33. The summed E-state index contributed by atoms with van der Waals surface area (Å²) in [5.41, 5.74) is 0. The molecule has 0 aliphatic carbocycles. The van der Waals surface area contributed by atoms with Crippen molar-refractivity contribution in [3.63, 3.8) is 0 Å². The molecule has 0 radical (unpaired) electrons. The number of rotatable bonds is 3. The average Bonchev–Trinajstić information content (AvgIpc) is 2.46. The standard InChI is InChI=1S/C11H23NO2Si/c1-11(2,3)15(4,5)14-8-9-6-7-10(13)12-9/h9H,6-8H2,1-5H3,(H,12,13). The quantitative estimate of drug-likeness (QED) is 0.754. The summed E-state index contributed by atoms with van der Waals surface area (Å²) in [6, 6.07) is 0.242. The number of hydrogen-bond acceptors (Lipinski definition) is 2. The molecule has 1 unspecified atom stereocenters. The Bertz CT molecular complexity index is 245. The molecule has 3 nitrogen and oxygen atoms in total. The van der Waals surface area contributed by atoms with Crippen molar-refractivity contribution in [2.24, 2.45) is 0 Å². The average molecular weight is 229 g/mol. The molecular weight excluding hydrogens is 206 g/mol. The van der Waals surface area contributed by atoms with Gasteiger partial charge in [0.25, 0.3) is 0 Å². The van der Waals surface area contributed by atoms with Gasteiger partial charge in [-0.3, -0.25) is 4.79 Å². The fraction of sp³-hybridized carbons (Fsp3) is 0.909. The van der Waals surface area contributed by atoms with Gasteiger partial charge in [-0.05, 0) is 24.6 Å². The maximum Gasteiger partial charge on any atom is 0.220 e. The van der Waals surface area contributed by atoms with Gasteiger partial charge in [-0.1, -0.05) is 20.8 Å². The molecule has 1 saturated heterocycles. The van der Waals surface area contributed by atoms with Crippen LogP contribution in [-0.4, -0.2) is 26.9 Å². The number of carbonyl (C=O) groups is 1. The topological polar surface area (TPSA) is 38.3 Å². The minimum Gasteiger partial charge on any atom is -0.415 e. The van der Waals surface area contributed by atoms with Gasteiger partial charge in [-0.15, -0.1) is 0 Å². The van der Waals surface area contributed by atoms with Gasteiger partial charge < -0.3 is 9.74 Å². The molecule has 15 heavy (non-hydrogen) atoms. The van der Waals surface area contributed by atoms with Crippen LogP contribution in [0.5, 0.6) is 0 Å². The van der Waals surface area contributed by atoms with Crippen molar-refractivity contribution in [3.05, 3.63) is 0 Å². The number of nitrogens with one attached hydrogen (secondary N) is 1. The smallest absolute Gasteiger partial charge is 0.220 e. The first-order valence-electron chi connectivity index (χ1n) is 5.66. The van der Waals surface area contributed by atoms with Gasteiger partial charge in [0, 0.05) is 6.42 Å². The molecule has 0 aromatic carbocycles. The second-order valence-corrected chi connectivity index (χ2v) is 10.7. The van der Waals surface area contributed by atoms with Crippen LogP contribution in [0.15, 0.2) is 0 Å². The molecule has 0 spiro atoms. The summed E-state index contributed by atoms with van der Waals surface area (Å²) in [5, 5.41) is 3.18. The van der Waals surface area contributed by atoms with Crippen molar-refractivity contribution in [1.29, 1.82) is 0 Å². The third kappa shape index (κ3) is 3.31. The minimum absolute atomic E-state index is 0.166. The molecule has 0 aromatic heterocycles. The summed E-state index contributed by atoms with van der Waals surface area (Å²) >= 11 is 0. The van der Waals surface area contributed by atoms with Gasteiger partial charge in [0.05, 0.1) is 12.6 Å². The summed E-state index contributed by atoms with van der Waals surface area (Å²) in [7, 11) is -1.65. The van der Waals surface area contributed by atoms with E-state index < -0.39 is 8.32 Å². The Hall–Kier alpha value is -0.353. The first-order valence-corrected chi connectivity index (χ1v) is 8.56. The van der Waals surface area contributed by atoms with Crippen molar-refractivity contribution in [2.45, 2.75) is 57.8 Å². The van der Waals surface area contributed by atoms with Crippen molar-refractivity contribution in [2.75, 3.05) is 6.61 Å². The summed E-state index contributed by atoms with van der Waals surface area (Å²) in [6.07, 6.45) is 1.58. The molecule has 0 aromatic rings. The molecular formula is C11H23NO2Si. The Morgan fingerprint density at radius 3 is 2.47 bits per heavy atom. The molecule has 0 bridgehead atoms. The van der Waals surface area contributed by atoms with Crippen LogP contribution in [0.3, 0.4) is 0 Å². The number of hydrogen-bond donors (Lipinski definition) is 1. The van der Waals surface area contributed by atoms with E-state index in [9.17, 15) is 4.79 Å². The largest absolute Gasteiger partial charge is 0.415 e. The Morgan fingerprint density at radius 1 is 1.47 bits per heavy atom. The summed E-state index contributed by atoms with van der Waals surface area (Å²) in [5.74, 6) is 0.166. The van der Waals surface area contributed by atoms with Gasteiger partial charge in [0.1, 0.15) is 0 Å². The zero-order chi connectivity index (χ0) is 11.7. The van der Waals surface area contributed by atoms with Gasteiger partial charge in [-0.2, -0.15) is 0 Å². The normalized spacial score (nSPS) is 23.0. The third-order valence-electron chi connectivity index (χ3n) is 3.54. The summed E-state index contributed by atoms with van der Waals surface area (Å²) in [6.45, 7) is 11.8. The van der Waals surface area contributed by atoms with Crippen LogP contribution in [0.1, 0.15) is 33.6 Å². The first kappa shape index (κ1) is 12.7. The van der Waals surface area contributed by atoms with E-state index in [1.807, 2.05) is 0 Å². The molecule has 1 N–H and O–H groups in total. The predicted octanol–water partition coefficient (Wildman–Crippen LogP) is 2.29. The van der Waals surface area contributed by atoms with Gasteiger partial charge >= 0.3 is 0 Å². The van der Waals surface area contributed by atoms with Gasteiger partial charge in [-0.25, -0.2) is 0 Å². The van der Waals surface area contributed by atoms with E-state index in [0.29, 0.717) is 13.0 Å². The molecule has 1 aliphatic heterocycles. The highest BCUT2D eigenvalue weighted by atomic mass is 28.4. The van der Waals surface area contributed by atoms with Crippen LogP contribution in [-0.2, 0) is 9.22 Å². The predicted molar refractivity (Wildman–Crippen MR) is 64.3 cm³/mol. The second kappa shape index (κ2) is 4.26. The highest BCUT2D eigenvalue weighted by Gasteiger charge is 2.38. The lowest BCUT2D eigenvalue weighted by molar-refractivity contribution is -0.119. The molecule has 88 valence electrons. The first-order chi connectivity index (χ1) is 6.72. The van der Waals surface area contributed by atoms with E-state index >= 15 is 0 Å². The van der Waals surface area contributed by atoms with Crippen molar-refractivity contribution >= 4 is 14.2 Å². The highest BCUT2D eigenvalue weighted by Crippen LogP contribution is 2.36. The van der Waals surface area contributed by atoms with Crippen molar-refractivity contribution in [1.82, 2.24) is 5.32 Å².